The Morgan fingerprint density at radius 2 is 1.15 bits per heavy atom. The normalized spacial score (nSPS) is 10.9. The van der Waals surface area contributed by atoms with E-state index in [4.69, 9.17) is 21.4 Å². The lowest BCUT2D eigenvalue weighted by molar-refractivity contribution is 0.957. The molecule has 6 nitrogen and oxygen atoms in total. The number of nitrogens with zero attached hydrogens (tertiary/aromatic N) is 4. The fourth-order valence-electron chi connectivity index (χ4n) is 2.92. The van der Waals surface area contributed by atoms with Gasteiger partial charge in [-0.05, 0) is 11.1 Å². The van der Waals surface area contributed by atoms with Crippen LogP contribution in [-0.2, 0) is 12.8 Å². The maximum Gasteiger partial charge on any atom is 0.224 e. The fourth-order valence-corrected chi connectivity index (χ4v) is 2.92. The molecule has 6 heteroatoms. The maximum absolute atomic E-state index is 5.99. The third-order valence-electron chi connectivity index (χ3n) is 4.16. The van der Waals surface area contributed by atoms with Crippen LogP contribution >= 0.6 is 0 Å². The minimum absolute atomic E-state index is 0.103. The molecule has 0 fully saturated rings. The second-order valence-electron chi connectivity index (χ2n) is 6.08. The number of hydrogen-bond donors (Lipinski definition) is 2. The Bertz CT molecular complexity index is 1050. The van der Waals surface area contributed by atoms with E-state index in [0.29, 0.717) is 24.0 Å². The second-order valence-corrected chi connectivity index (χ2v) is 6.08. The Kier molecular flexibility index (Phi) is 4.15. The average Bonchev–Trinajstić information content (AvgIpc) is 2.64. The topological polar surface area (TPSA) is 104 Å². The van der Waals surface area contributed by atoms with Crippen molar-refractivity contribution >= 4 is 22.9 Å². The lowest BCUT2D eigenvalue weighted by atomic mass is 10.0. The van der Waals surface area contributed by atoms with Gasteiger partial charge in [0.15, 0.2) is 17.0 Å². The van der Waals surface area contributed by atoms with E-state index in [2.05, 4.69) is 34.2 Å². The van der Waals surface area contributed by atoms with Crippen molar-refractivity contribution in [2.45, 2.75) is 12.8 Å². The standard InChI is InChI=1S/C20H18N6/c21-18-17-19(26-20(22)25-18)24-16(12-14-9-5-2-6-10-14)15(23-17)11-13-7-3-1-4-8-13/h1-10H,11-12H2,(H4,21,22,24,25,26). The van der Waals surface area contributed by atoms with Gasteiger partial charge in [-0.1, -0.05) is 60.7 Å². The number of rotatable bonds is 4. The summed E-state index contributed by atoms with van der Waals surface area (Å²) in [5.74, 6) is 0.353. The number of nitrogens with two attached hydrogens (primary N) is 2. The van der Waals surface area contributed by atoms with Crippen LogP contribution < -0.4 is 11.5 Å². The first-order valence-corrected chi connectivity index (χ1v) is 8.35. The van der Waals surface area contributed by atoms with E-state index in [9.17, 15) is 0 Å². The van der Waals surface area contributed by atoms with Crippen molar-refractivity contribution in [1.82, 2.24) is 19.9 Å². The first-order chi connectivity index (χ1) is 12.7. The SMILES string of the molecule is Nc1nc(N)c2nc(Cc3ccccc3)c(Cc3ccccc3)nc2n1. The number of hydrogen-bond acceptors (Lipinski definition) is 6. The van der Waals surface area contributed by atoms with Crippen LogP contribution in [0.25, 0.3) is 11.2 Å². The Morgan fingerprint density at radius 1 is 0.615 bits per heavy atom. The number of fused-ring (bicyclic) bond motifs is 1. The summed E-state index contributed by atoms with van der Waals surface area (Å²) in [6.07, 6.45) is 1.32. The Labute approximate surface area is 151 Å². The lowest BCUT2D eigenvalue weighted by Gasteiger charge is -2.11. The van der Waals surface area contributed by atoms with E-state index in [1.807, 2.05) is 36.4 Å². The molecule has 4 N–H and O–H groups in total. The summed E-state index contributed by atoms with van der Waals surface area (Å²) >= 11 is 0. The Hall–Kier alpha value is -3.54. The molecule has 0 amide bonds. The molecule has 4 aromatic rings. The molecule has 0 aliphatic carbocycles. The predicted octanol–water partition coefficient (Wildman–Crippen LogP) is 2.77. The molecule has 4 rings (SSSR count). The molecule has 2 heterocycles. The number of anilines is 2. The van der Waals surface area contributed by atoms with Gasteiger partial charge in [-0.25, -0.2) is 9.97 Å². The molecular weight excluding hydrogens is 324 g/mol. The maximum atomic E-state index is 5.99. The quantitative estimate of drug-likeness (QED) is 0.591. The third kappa shape index (κ3) is 3.30. The predicted molar refractivity (Wildman–Crippen MR) is 102 cm³/mol. The highest BCUT2D eigenvalue weighted by atomic mass is 15.1. The summed E-state index contributed by atoms with van der Waals surface area (Å²) in [6, 6.07) is 20.3. The monoisotopic (exact) mass is 342 g/mol. The van der Waals surface area contributed by atoms with Crippen LogP contribution in [-0.4, -0.2) is 19.9 Å². The molecule has 0 bridgehead atoms. The van der Waals surface area contributed by atoms with Crippen LogP contribution in [0.3, 0.4) is 0 Å². The first-order valence-electron chi connectivity index (χ1n) is 8.35. The molecule has 0 aliphatic heterocycles. The van der Waals surface area contributed by atoms with Gasteiger partial charge in [0.25, 0.3) is 0 Å². The van der Waals surface area contributed by atoms with Crippen LogP contribution in [0, 0.1) is 0 Å². The molecule has 0 aliphatic rings. The van der Waals surface area contributed by atoms with Crippen molar-refractivity contribution in [3.8, 4) is 0 Å². The number of aromatic nitrogens is 4. The van der Waals surface area contributed by atoms with Crippen molar-refractivity contribution < 1.29 is 0 Å². The zero-order valence-electron chi connectivity index (χ0n) is 14.1. The summed E-state index contributed by atoms with van der Waals surface area (Å²) < 4.78 is 0. The summed E-state index contributed by atoms with van der Waals surface area (Å²) in [5, 5.41) is 0. The van der Waals surface area contributed by atoms with Crippen molar-refractivity contribution in [2.75, 3.05) is 11.5 Å². The van der Waals surface area contributed by atoms with Crippen LogP contribution in [0.1, 0.15) is 22.5 Å². The van der Waals surface area contributed by atoms with Crippen molar-refractivity contribution in [3.63, 3.8) is 0 Å². The van der Waals surface area contributed by atoms with Gasteiger partial charge < -0.3 is 11.5 Å². The van der Waals surface area contributed by atoms with E-state index in [1.54, 1.807) is 0 Å². The molecule has 0 atom stereocenters. The molecule has 0 unspecified atom stereocenters. The van der Waals surface area contributed by atoms with Crippen LogP contribution in [0.4, 0.5) is 11.8 Å². The molecule has 0 radical (unpaired) electrons. The first kappa shape index (κ1) is 16.0. The number of nitrogen functional groups attached to an aromatic ring is 2. The second kappa shape index (κ2) is 6.76. The zero-order chi connectivity index (χ0) is 17.9. The minimum atomic E-state index is 0.103. The largest absolute Gasteiger partial charge is 0.382 e. The molecule has 26 heavy (non-hydrogen) atoms. The van der Waals surface area contributed by atoms with Gasteiger partial charge in [-0.2, -0.15) is 9.97 Å². The van der Waals surface area contributed by atoms with E-state index < -0.39 is 0 Å². The highest BCUT2D eigenvalue weighted by molar-refractivity contribution is 5.82. The minimum Gasteiger partial charge on any atom is -0.382 e. The highest BCUT2D eigenvalue weighted by Crippen LogP contribution is 2.21. The molecular formula is C20H18N6. The molecule has 128 valence electrons. The van der Waals surface area contributed by atoms with Gasteiger partial charge in [0, 0.05) is 12.8 Å². The van der Waals surface area contributed by atoms with E-state index in [1.165, 1.54) is 0 Å². The van der Waals surface area contributed by atoms with Gasteiger partial charge in [0.05, 0.1) is 11.4 Å². The fraction of sp³-hybridized carbons (Fsp3) is 0.100. The smallest absolute Gasteiger partial charge is 0.224 e. The molecule has 0 spiro atoms. The van der Waals surface area contributed by atoms with Crippen molar-refractivity contribution in [3.05, 3.63) is 83.2 Å². The molecule has 0 saturated carbocycles. The van der Waals surface area contributed by atoms with E-state index >= 15 is 0 Å². The van der Waals surface area contributed by atoms with Gasteiger partial charge in [-0.15, -0.1) is 0 Å². The molecule has 0 saturated heterocycles. The summed E-state index contributed by atoms with van der Waals surface area (Å²) in [6.45, 7) is 0. The summed E-state index contributed by atoms with van der Waals surface area (Å²) in [4.78, 5) is 17.7. The van der Waals surface area contributed by atoms with Gasteiger partial charge in [0.1, 0.15) is 0 Å². The van der Waals surface area contributed by atoms with Gasteiger partial charge in [0.2, 0.25) is 5.95 Å². The Morgan fingerprint density at radius 3 is 1.73 bits per heavy atom. The van der Waals surface area contributed by atoms with Crippen LogP contribution in [0.2, 0.25) is 0 Å². The van der Waals surface area contributed by atoms with Crippen LogP contribution in [0.15, 0.2) is 60.7 Å². The average molecular weight is 342 g/mol. The van der Waals surface area contributed by atoms with Gasteiger partial charge >= 0.3 is 0 Å². The zero-order valence-corrected chi connectivity index (χ0v) is 14.1. The lowest BCUT2D eigenvalue weighted by Crippen LogP contribution is -2.09. The van der Waals surface area contributed by atoms with Crippen LogP contribution in [0.5, 0.6) is 0 Å². The third-order valence-corrected chi connectivity index (χ3v) is 4.16. The van der Waals surface area contributed by atoms with Crippen molar-refractivity contribution in [2.24, 2.45) is 0 Å². The Balaban J connectivity index is 1.84. The molecule has 2 aromatic heterocycles. The molecule has 2 aromatic carbocycles. The number of benzene rings is 2. The van der Waals surface area contributed by atoms with E-state index in [-0.39, 0.29) is 11.8 Å². The highest BCUT2D eigenvalue weighted by Gasteiger charge is 2.14. The van der Waals surface area contributed by atoms with E-state index in [0.717, 1.165) is 22.5 Å². The summed E-state index contributed by atoms with van der Waals surface area (Å²) in [7, 11) is 0. The van der Waals surface area contributed by atoms with Gasteiger partial charge in [-0.3, -0.25) is 0 Å². The van der Waals surface area contributed by atoms with Crippen molar-refractivity contribution in [1.29, 1.82) is 0 Å². The summed E-state index contributed by atoms with van der Waals surface area (Å²) in [5.41, 5.74) is 16.7.